The normalized spacial score (nSPS) is 11.9. The number of hydrogen-bond donors (Lipinski definition) is 1. The molecule has 0 aliphatic rings. The van der Waals surface area contributed by atoms with Crippen LogP contribution in [0.3, 0.4) is 0 Å². The molecule has 0 aliphatic carbocycles. The number of amides is 2. The van der Waals surface area contributed by atoms with Crippen LogP contribution in [0, 0.1) is 18.7 Å². The van der Waals surface area contributed by atoms with Crippen LogP contribution in [0.25, 0.3) is 0 Å². The maximum atomic E-state index is 13.1. The Morgan fingerprint density at radius 2 is 1.73 bits per heavy atom. The van der Waals surface area contributed by atoms with Gasteiger partial charge in [-0.05, 0) is 48.6 Å². The third-order valence-electron chi connectivity index (χ3n) is 4.86. The number of benzene rings is 2. The lowest BCUT2D eigenvalue weighted by atomic mass is 10.1. The van der Waals surface area contributed by atoms with Crippen LogP contribution < -0.4 is 5.32 Å². The van der Waals surface area contributed by atoms with Gasteiger partial charge in [-0.15, -0.1) is 11.8 Å². The first-order valence-corrected chi connectivity index (χ1v) is 11.4. The van der Waals surface area contributed by atoms with Crippen molar-refractivity contribution in [3.05, 3.63) is 71.0 Å². The van der Waals surface area contributed by atoms with Crippen LogP contribution in [-0.2, 0) is 21.9 Å². The topological polar surface area (TPSA) is 49.4 Å². The second-order valence-corrected chi connectivity index (χ2v) is 8.87. The quantitative estimate of drug-likeness (QED) is 0.601. The fourth-order valence-corrected chi connectivity index (χ4v) is 3.80. The molecule has 0 spiro atoms. The summed E-state index contributed by atoms with van der Waals surface area (Å²) in [4.78, 5) is 27.3. The van der Waals surface area contributed by atoms with E-state index in [4.69, 9.17) is 0 Å². The largest absolute Gasteiger partial charge is 0.354 e. The first-order valence-electron chi connectivity index (χ1n) is 10.2. The number of halogens is 1. The molecule has 1 atom stereocenters. The minimum Gasteiger partial charge on any atom is -0.354 e. The number of nitrogens with zero attached hydrogens (tertiary/aromatic N) is 1. The molecular weight excluding hydrogens is 399 g/mol. The number of carbonyl (C=O) groups excluding carboxylic acids is 2. The van der Waals surface area contributed by atoms with Gasteiger partial charge in [-0.1, -0.05) is 50.2 Å². The highest BCUT2D eigenvalue weighted by Gasteiger charge is 2.26. The molecule has 2 rings (SSSR count). The first kappa shape index (κ1) is 23.9. The molecule has 0 radical (unpaired) electrons. The zero-order valence-electron chi connectivity index (χ0n) is 18.2. The van der Waals surface area contributed by atoms with Crippen molar-refractivity contribution in [2.45, 2.75) is 46.0 Å². The molecule has 0 fully saturated rings. The van der Waals surface area contributed by atoms with Gasteiger partial charge in [0, 0.05) is 18.8 Å². The van der Waals surface area contributed by atoms with Crippen molar-refractivity contribution in [3.63, 3.8) is 0 Å². The highest BCUT2D eigenvalue weighted by atomic mass is 32.2. The number of hydrogen-bond acceptors (Lipinski definition) is 3. The summed E-state index contributed by atoms with van der Waals surface area (Å²) in [5, 5.41) is 2.93. The van der Waals surface area contributed by atoms with Crippen LogP contribution in [0.5, 0.6) is 0 Å². The number of rotatable bonds is 10. The van der Waals surface area contributed by atoms with Gasteiger partial charge in [0.1, 0.15) is 11.9 Å². The molecule has 0 heterocycles. The molecule has 0 saturated heterocycles. The summed E-state index contributed by atoms with van der Waals surface area (Å²) in [7, 11) is 0. The van der Waals surface area contributed by atoms with Gasteiger partial charge in [0.15, 0.2) is 0 Å². The second-order valence-electron chi connectivity index (χ2n) is 7.88. The van der Waals surface area contributed by atoms with Crippen molar-refractivity contribution < 1.29 is 14.0 Å². The Hall–Kier alpha value is -2.34. The summed E-state index contributed by atoms with van der Waals surface area (Å²) in [5.41, 5.74) is 3.07. The van der Waals surface area contributed by atoms with E-state index in [1.165, 1.54) is 23.9 Å². The van der Waals surface area contributed by atoms with E-state index in [0.717, 1.165) is 16.7 Å². The molecule has 4 nitrogen and oxygen atoms in total. The van der Waals surface area contributed by atoms with E-state index < -0.39 is 6.04 Å². The smallest absolute Gasteiger partial charge is 0.242 e. The summed E-state index contributed by atoms with van der Waals surface area (Å²) in [6, 6.07) is 13.6. The van der Waals surface area contributed by atoms with Crippen molar-refractivity contribution in [1.82, 2.24) is 10.2 Å². The van der Waals surface area contributed by atoms with E-state index in [9.17, 15) is 14.0 Å². The predicted octanol–water partition coefficient (Wildman–Crippen LogP) is 4.56. The monoisotopic (exact) mass is 430 g/mol. The van der Waals surface area contributed by atoms with Gasteiger partial charge >= 0.3 is 0 Å². The Morgan fingerprint density at radius 1 is 1.07 bits per heavy atom. The van der Waals surface area contributed by atoms with E-state index in [-0.39, 0.29) is 23.4 Å². The Labute approximate surface area is 183 Å². The van der Waals surface area contributed by atoms with Crippen molar-refractivity contribution >= 4 is 23.6 Å². The molecule has 0 saturated carbocycles. The lowest BCUT2D eigenvalue weighted by Crippen LogP contribution is -2.48. The van der Waals surface area contributed by atoms with Gasteiger partial charge in [-0.25, -0.2) is 4.39 Å². The minimum atomic E-state index is -0.567. The minimum absolute atomic E-state index is 0.0856. The summed E-state index contributed by atoms with van der Waals surface area (Å²) in [6.07, 6.45) is 0. The SMILES string of the molecule is Cc1ccccc1CN(C(=O)CSCc1ccc(F)cc1)[C@H](C)C(=O)NCC(C)C. The van der Waals surface area contributed by atoms with Gasteiger partial charge in [0.05, 0.1) is 5.75 Å². The fraction of sp³-hybridized carbons (Fsp3) is 0.417. The molecular formula is C24H31FN2O2S. The average molecular weight is 431 g/mol. The zero-order valence-corrected chi connectivity index (χ0v) is 19.0. The molecule has 2 aromatic carbocycles. The van der Waals surface area contributed by atoms with Crippen molar-refractivity contribution in [3.8, 4) is 0 Å². The molecule has 30 heavy (non-hydrogen) atoms. The number of thioether (sulfide) groups is 1. The summed E-state index contributed by atoms with van der Waals surface area (Å²) in [5.74, 6) is 0.702. The molecule has 2 amide bonds. The van der Waals surface area contributed by atoms with Gasteiger partial charge in [-0.3, -0.25) is 9.59 Å². The molecule has 0 unspecified atom stereocenters. The average Bonchev–Trinajstić information content (AvgIpc) is 2.72. The van der Waals surface area contributed by atoms with Crippen molar-refractivity contribution in [2.75, 3.05) is 12.3 Å². The molecule has 0 aliphatic heterocycles. The Balaban J connectivity index is 2.06. The molecule has 1 N–H and O–H groups in total. The van der Waals surface area contributed by atoms with E-state index >= 15 is 0 Å². The Bertz CT molecular complexity index is 839. The highest BCUT2D eigenvalue weighted by molar-refractivity contribution is 7.99. The first-order chi connectivity index (χ1) is 14.3. The molecule has 2 aromatic rings. The summed E-state index contributed by atoms with van der Waals surface area (Å²) >= 11 is 1.47. The van der Waals surface area contributed by atoms with Crippen molar-refractivity contribution in [2.24, 2.45) is 5.92 Å². The highest BCUT2D eigenvalue weighted by Crippen LogP contribution is 2.18. The van der Waals surface area contributed by atoms with E-state index in [0.29, 0.717) is 24.8 Å². The van der Waals surface area contributed by atoms with Gasteiger partial charge < -0.3 is 10.2 Å². The number of nitrogens with one attached hydrogen (secondary N) is 1. The third kappa shape index (κ3) is 7.48. The van der Waals surface area contributed by atoms with Crippen molar-refractivity contribution in [1.29, 1.82) is 0 Å². The maximum Gasteiger partial charge on any atom is 0.242 e. The molecule has 0 aromatic heterocycles. The molecule has 162 valence electrons. The van der Waals surface area contributed by atoms with Crippen LogP contribution in [0.15, 0.2) is 48.5 Å². The fourth-order valence-electron chi connectivity index (χ4n) is 2.93. The van der Waals surface area contributed by atoms with E-state index in [1.807, 2.05) is 45.0 Å². The lowest BCUT2D eigenvalue weighted by molar-refractivity contribution is -0.138. The predicted molar refractivity (Wildman–Crippen MR) is 122 cm³/mol. The summed E-state index contributed by atoms with van der Waals surface area (Å²) < 4.78 is 13.1. The molecule has 0 bridgehead atoms. The van der Waals surface area contributed by atoms with Crippen LogP contribution in [-0.4, -0.2) is 35.1 Å². The van der Waals surface area contributed by atoms with Gasteiger partial charge in [0.2, 0.25) is 11.8 Å². The van der Waals surface area contributed by atoms with Gasteiger partial charge in [0.25, 0.3) is 0 Å². The summed E-state index contributed by atoms with van der Waals surface area (Å²) in [6.45, 7) is 8.82. The van der Waals surface area contributed by atoms with E-state index in [2.05, 4.69) is 5.32 Å². The lowest BCUT2D eigenvalue weighted by Gasteiger charge is -2.29. The maximum absolute atomic E-state index is 13.1. The number of carbonyl (C=O) groups is 2. The Kier molecular flexibility index (Phi) is 9.37. The number of aryl methyl sites for hydroxylation is 1. The zero-order chi connectivity index (χ0) is 22.1. The van der Waals surface area contributed by atoms with Crippen LogP contribution >= 0.6 is 11.8 Å². The Morgan fingerprint density at radius 3 is 2.37 bits per heavy atom. The standard InChI is InChI=1S/C24H31FN2O2S/c1-17(2)13-26-24(29)19(4)27(14-21-8-6-5-7-18(21)3)23(28)16-30-15-20-9-11-22(25)12-10-20/h5-12,17,19H,13-16H2,1-4H3,(H,26,29)/t19-/m1/s1. The van der Waals surface area contributed by atoms with Crippen LogP contribution in [0.1, 0.15) is 37.5 Å². The second kappa shape index (κ2) is 11.7. The van der Waals surface area contributed by atoms with E-state index in [1.54, 1.807) is 24.0 Å². The van der Waals surface area contributed by atoms with Crippen LogP contribution in [0.4, 0.5) is 4.39 Å². The van der Waals surface area contributed by atoms with Gasteiger partial charge in [-0.2, -0.15) is 0 Å². The van der Waals surface area contributed by atoms with Crippen LogP contribution in [0.2, 0.25) is 0 Å². The molecule has 6 heteroatoms. The third-order valence-corrected chi connectivity index (χ3v) is 5.85.